The molecule has 0 fully saturated rings. The second-order valence-electron chi connectivity index (χ2n) is 3.99. The Morgan fingerprint density at radius 3 is 2.69 bits per heavy atom. The minimum Gasteiger partial charge on any atom is -0.497 e. The standard InChI is InChI=1S/C13H19NOS/c1-4-10-8-11(15-3)5-6-12(10)9(2)7-13(14)16/h5-6,8-9H,4,7H2,1-3H3,(H2,14,16). The third kappa shape index (κ3) is 3.20. The predicted molar refractivity (Wildman–Crippen MR) is 72.2 cm³/mol. The molecule has 0 saturated heterocycles. The highest BCUT2D eigenvalue weighted by molar-refractivity contribution is 7.80. The van der Waals surface area contributed by atoms with Gasteiger partial charge in [-0.25, -0.2) is 0 Å². The maximum absolute atomic E-state index is 5.59. The van der Waals surface area contributed by atoms with E-state index in [4.69, 9.17) is 22.7 Å². The van der Waals surface area contributed by atoms with Crippen molar-refractivity contribution < 1.29 is 4.74 Å². The summed E-state index contributed by atoms with van der Waals surface area (Å²) < 4.78 is 5.22. The molecule has 0 amide bonds. The molecule has 88 valence electrons. The average Bonchev–Trinajstić information content (AvgIpc) is 2.27. The highest BCUT2D eigenvalue weighted by Gasteiger charge is 2.11. The Hall–Kier alpha value is -1.09. The molecule has 0 saturated carbocycles. The van der Waals surface area contributed by atoms with Crippen molar-refractivity contribution in [3.8, 4) is 5.75 Å². The first kappa shape index (κ1) is 13.0. The number of ether oxygens (including phenoxy) is 1. The first-order chi connectivity index (χ1) is 7.58. The Balaban J connectivity index is 2.98. The van der Waals surface area contributed by atoms with Crippen molar-refractivity contribution in [2.45, 2.75) is 32.6 Å². The summed E-state index contributed by atoms with van der Waals surface area (Å²) >= 11 is 4.95. The molecule has 1 aromatic carbocycles. The molecule has 0 aliphatic rings. The van der Waals surface area contributed by atoms with E-state index in [0.29, 0.717) is 10.9 Å². The van der Waals surface area contributed by atoms with Crippen LogP contribution in [0.4, 0.5) is 0 Å². The van der Waals surface area contributed by atoms with Gasteiger partial charge in [-0.15, -0.1) is 0 Å². The lowest BCUT2D eigenvalue weighted by atomic mass is 9.92. The Bertz CT molecular complexity index is 376. The zero-order chi connectivity index (χ0) is 12.1. The van der Waals surface area contributed by atoms with Crippen LogP contribution in [-0.2, 0) is 6.42 Å². The zero-order valence-electron chi connectivity index (χ0n) is 10.1. The van der Waals surface area contributed by atoms with E-state index in [-0.39, 0.29) is 0 Å². The van der Waals surface area contributed by atoms with Gasteiger partial charge in [0.1, 0.15) is 5.75 Å². The van der Waals surface area contributed by atoms with E-state index in [1.807, 2.05) is 6.07 Å². The van der Waals surface area contributed by atoms with Crippen molar-refractivity contribution >= 4 is 17.2 Å². The Kier molecular flexibility index (Phi) is 4.74. The molecule has 1 atom stereocenters. The Labute approximate surface area is 103 Å². The number of benzene rings is 1. The Morgan fingerprint density at radius 2 is 2.19 bits per heavy atom. The normalized spacial score (nSPS) is 12.2. The van der Waals surface area contributed by atoms with Gasteiger partial charge in [0.2, 0.25) is 0 Å². The van der Waals surface area contributed by atoms with Gasteiger partial charge in [0.15, 0.2) is 0 Å². The second-order valence-corrected chi connectivity index (χ2v) is 4.51. The van der Waals surface area contributed by atoms with Gasteiger partial charge in [0, 0.05) is 6.42 Å². The summed E-state index contributed by atoms with van der Waals surface area (Å²) in [6.07, 6.45) is 1.75. The topological polar surface area (TPSA) is 35.2 Å². The van der Waals surface area contributed by atoms with E-state index in [0.717, 1.165) is 18.6 Å². The van der Waals surface area contributed by atoms with E-state index in [1.165, 1.54) is 11.1 Å². The Morgan fingerprint density at radius 1 is 1.50 bits per heavy atom. The molecule has 0 aliphatic carbocycles. The van der Waals surface area contributed by atoms with Crippen molar-refractivity contribution in [3.05, 3.63) is 29.3 Å². The molecule has 0 radical (unpaired) electrons. The van der Waals surface area contributed by atoms with Crippen LogP contribution in [-0.4, -0.2) is 12.1 Å². The van der Waals surface area contributed by atoms with Crippen LogP contribution in [0.2, 0.25) is 0 Å². The molecule has 1 aromatic rings. The molecule has 0 spiro atoms. The first-order valence-corrected chi connectivity index (χ1v) is 5.94. The maximum atomic E-state index is 5.59. The number of methoxy groups -OCH3 is 1. The van der Waals surface area contributed by atoms with Crippen LogP contribution in [0.5, 0.6) is 5.75 Å². The molecular weight excluding hydrogens is 218 g/mol. The van der Waals surface area contributed by atoms with Crippen molar-refractivity contribution in [1.82, 2.24) is 0 Å². The fraction of sp³-hybridized carbons (Fsp3) is 0.462. The number of thiocarbonyl (C=S) groups is 1. The molecule has 1 unspecified atom stereocenters. The van der Waals surface area contributed by atoms with E-state index in [9.17, 15) is 0 Å². The van der Waals surface area contributed by atoms with E-state index < -0.39 is 0 Å². The smallest absolute Gasteiger partial charge is 0.119 e. The maximum Gasteiger partial charge on any atom is 0.119 e. The molecular formula is C13H19NOS. The van der Waals surface area contributed by atoms with Crippen LogP contribution < -0.4 is 10.5 Å². The van der Waals surface area contributed by atoms with E-state index in [2.05, 4.69) is 26.0 Å². The van der Waals surface area contributed by atoms with Gasteiger partial charge in [-0.1, -0.05) is 32.1 Å². The van der Waals surface area contributed by atoms with Crippen LogP contribution in [0.1, 0.15) is 37.3 Å². The van der Waals surface area contributed by atoms with Crippen LogP contribution in [0.25, 0.3) is 0 Å². The molecule has 2 nitrogen and oxygen atoms in total. The minimum absolute atomic E-state index is 0.373. The molecule has 0 aromatic heterocycles. The van der Waals surface area contributed by atoms with Crippen LogP contribution in [0, 0.1) is 0 Å². The molecule has 2 N–H and O–H groups in total. The average molecular weight is 237 g/mol. The van der Waals surface area contributed by atoms with Crippen LogP contribution >= 0.6 is 12.2 Å². The summed E-state index contributed by atoms with van der Waals surface area (Å²) in [7, 11) is 1.69. The third-order valence-electron chi connectivity index (χ3n) is 2.77. The van der Waals surface area contributed by atoms with Gasteiger partial charge in [-0.2, -0.15) is 0 Å². The number of aryl methyl sites for hydroxylation is 1. The van der Waals surface area contributed by atoms with E-state index >= 15 is 0 Å². The monoisotopic (exact) mass is 237 g/mol. The number of hydrogen-bond acceptors (Lipinski definition) is 2. The number of rotatable bonds is 5. The summed E-state index contributed by atoms with van der Waals surface area (Å²) in [4.78, 5) is 0.574. The van der Waals surface area contributed by atoms with Gasteiger partial charge in [-0.05, 0) is 35.6 Å². The highest BCUT2D eigenvalue weighted by Crippen LogP contribution is 2.26. The predicted octanol–water partition coefficient (Wildman–Crippen LogP) is 3.04. The second kappa shape index (κ2) is 5.85. The lowest BCUT2D eigenvalue weighted by Crippen LogP contribution is -2.12. The van der Waals surface area contributed by atoms with Gasteiger partial charge >= 0.3 is 0 Å². The summed E-state index contributed by atoms with van der Waals surface area (Å²) in [5, 5.41) is 0. The van der Waals surface area contributed by atoms with Gasteiger partial charge in [0.25, 0.3) is 0 Å². The van der Waals surface area contributed by atoms with Crippen LogP contribution in [0.3, 0.4) is 0 Å². The summed E-state index contributed by atoms with van der Waals surface area (Å²) in [5.74, 6) is 1.28. The molecule has 1 rings (SSSR count). The quantitative estimate of drug-likeness (QED) is 0.799. The lowest BCUT2D eigenvalue weighted by Gasteiger charge is -2.16. The van der Waals surface area contributed by atoms with Crippen molar-refractivity contribution in [1.29, 1.82) is 0 Å². The minimum atomic E-state index is 0.373. The molecule has 0 aliphatic heterocycles. The van der Waals surface area contributed by atoms with Crippen molar-refractivity contribution in [2.24, 2.45) is 5.73 Å². The first-order valence-electron chi connectivity index (χ1n) is 5.53. The lowest BCUT2D eigenvalue weighted by molar-refractivity contribution is 0.414. The fourth-order valence-electron chi connectivity index (χ4n) is 1.91. The van der Waals surface area contributed by atoms with Crippen LogP contribution in [0.15, 0.2) is 18.2 Å². The van der Waals surface area contributed by atoms with Gasteiger partial charge in [0.05, 0.1) is 12.1 Å². The largest absolute Gasteiger partial charge is 0.497 e. The SMILES string of the molecule is CCc1cc(OC)ccc1C(C)CC(N)=S. The molecule has 3 heteroatoms. The third-order valence-corrected chi connectivity index (χ3v) is 2.94. The van der Waals surface area contributed by atoms with Gasteiger partial charge < -0.3 is 10.5 Å². The number of nitrogens with two attached hydrogens (primary N) is 1. The van der Waals surface area contributed by atoms with Crippen molar-refractivity contribution in [3.63, 3.8) is 0 Å². The fourth-order valence-corrected chi connectivity index (χ4v) is 2.16. The summed E-state index contributed by atoms with van der Waals surface area (Å²) in [6, 6.07) is 6.19. The van der Waals surface area contributed by atoms with Gasteiger partial charge in [-0.3, -0.25) is 0 Å². The molecule has 16 heavy (non-hydrogen) atoms. The summed E-state index contributed by atoms with van der Waals surface area (Å²) in [6.45, 7) is 4.30. The molecule has 0 heterocycles. The van der Waals surface area contributed by atoms with E-state index in [1.54, 1.807) is 7.11 Å². The zero-order valence-corrected chi connectivity index (χ0v) is 10.9. The summed E-state index contributed by atoms with van der Waals surface area (Å²) in [5.41, 5.74) is 8.21. The number of hydrogen-bond donors (Lipinski definition) is 1. The van der Waals surface area contributed by atoms with Crippen molar-refractivity contribution in [2.75, 3.05) is 7.11 Å². The highest BCUT2D eigenvalue weighted by atomic mass is 32.1. The molecule has 0 bridgehead atoms.